The van der Waals surface area contributed by atoms with Crippen molar-refractivity contribution < 1.29 is 23.4 Å². The van der Waals surface area contributed by atoms with Gasteiger partial charge in [0, 0.05) is 12.1 Å². The summed E-state index contributed by atoms with van der Waals surface area (Å²) in [7, 11) is 2.99. The molecule has 0 saturated heterocycles. The average molecular weight is 428 g/mol. The number of hydrogen-bond donors (Lipinski definition) is 1. The molecule has 1 N–H and O–H groups in total. The zero-order valence-electron chi connectivity index (χ0n) is 16.8. The number of nitrogens with one attached hydrogen (secondary N) is 1. The summed E-state index contributed by atoms with van der Waals surface area (Å²) >= 11 is 6.10. The van der Waals surface area contributed by atoms with Gasteiger partial charge in [0.05, 0.1) is 24.9 Å². The van der Waals surface area contributed by atoms with Crippen LogP contribution in [0.2, 0.25) is 5.02 Å². The van der Waals surface area contributed by atoms with Crippen LogP contribution in [-0.4, -0.2) is 20.1 Å². The first-order valence-electron chi connectivity index (χ1n) is 9.63. The first kappa shape index (κ1) is 20.2. The van der Waals surface area contributed by atoms with Crippen molar-refractivity contribution in [1.82, 2.24) is 0 Å². The van der Waals surface area contributed by atoms with Crippen LogP contribution >= 0.6 is 11.6 Å². The molecule has 3 aromatic rings. The summed E-state index contributed by atoms with van der Waals surface area (Å²) in [6.07, 6.45) is 3.42. The molecule has 0 fully saturated rings. The Morgan fingerprint density at radius 3 is 2.63 bits per heavy atom. The van der Waals surface area contributed by atoms with Crippen LogP contribution in [0, 0.1) is 0 Å². The van der Waals surface area contributed by atoms with Crippen molar-refractivity contribution in [2.75, 3.05) is 19.5 Å². The van der Waals surface area contributed by atoms with Crippen LogP contribution in [0.5, 0.6) is 17.2 Å². The first-order valence-corrected chi connectivity index (χ1v) is 10.0. The van der Waals surface area contributed by atoms with Crippen LogP contribution in [0.3, 0.4) is 0 Å². The third-order valence-electron chi connectivity index (χ3n) is 5.06. The molecule has 0 aliphatic heterocycles. The Labute approximate surface area is 179 Å². The largest absolute Gasteiger partial charge is 0.495 e. The number of hydrogen-bond acceptors (Lipinski definition) is 5. The third-order valence-corrected chi connectivity index (χ3v) is 5.35. The van der Waals surface area contributed by atoms with E-state index in [2.05, 4.69) is 17.4 Å². The van der Waals surface area contributed by atoms with E-state index < -0.39 is 5.91 Å². The van der Waals surface area contributed by atoms with Crippen molar-refractivity contribution in [2.45, 2.75) is 25.9 Å². The van der Waals surface area contributed by atoms with Gasteiger partial charge in [0.15, 0.2) is 5.76 Å². The molecule has 6 nitrogen and oxygen atoms in total. The average Bonchev–Trinajstić information content (AvgIpc) is 3.42. The van der Waals surface area contributed by atoms with E-state index in [0.29, 0.717) is 28.0 Å². The topological polar surface area (TPSA) is 69.9 Å². The number of carbonyl (C=O) groups excluding carboxylic acids is 1. The molecule has 156 valence electrons. The molecular formula is C23H22ClNO5. The maximum absolute atomic E-state index is 12.6. The summed E-state index contributed by atoms with van der Waals surface area (Å²) in [5.74, 6) is 1.95. The van der Waals surface area contributed by atoms with Crippen LogP contribution in [-0.2, 0) is 19.4 Å². The minimum atomic E-state index is -0.415. The summed E-state index contributed by atoms with van der Waals surface area (Å²) in [5.41, 5.74) is 3.17. The molecule has 0 unspecified atom stereocenters. The smallest absolute Gasteiger partial charge is 0.291 e. The number of halogens is 1. The van der Waals surface area contributed by atoms with Crippen molar-refractivity contribution in [1.29, 1.82) is 0 Å². The Hall–Kier alpha value is -3.12. The van der Waals surface area contributed by atoms with Crippen molar-refractivity contribution in [3.8, 4) is 17.2 Å². The van der Waals surface area contributed by atoms with Crippen LogP contribution in [0.1, 0.15) is 33.9 Å². The molecule has 1 heterocycles. The molecule has 30 heavy (non-hydrogen) atoms. The Kier molecular flexibility index (Phi) is 5.86. The van der Waals surface area contributed by atoms with Crippen LogP contribution in [0.15, 0.2) is 46.9 Å². The molecule has 0 saturated carbocycles. The lowest BCUT2D eigenvalue weighted by atomic mass is 10.1. The van der Waals surface area contributed by atoms with E-state index in [9.17, 15) is 4.79 Å². The number of aryl methyl sites for hydroxylation is 2. The summed E-state index contributed by atoms with van der Waals surface area (Å²) in [5, 5.41) is 3.14. The van der Waals surface area contributed by atoms with E-state index in [4.69, 9.17) is 30.2 Å². The lowest BCUT2D eigenvalue weighted by Gasteiger charge is -2.12. The highest BCUT2D eigenvalue weighted by molar-refractivity contribution is 6.32. The fourth-order valence-corrected chi connectivity index (χ4v) is 3.74. The molecule has 4 rings (SSSR count). The maximum Gasteiger partial charge on any atom is 0.291 e. The van der Waals surface area contributed by atoms with Crippen molar-refractivity contribution in [3.63, 3.8) is 0 Å². The summed E-state index contributed by atoms with van der Waals surface area (Å²) in [4.78, 5) is 12.6. The predicted molar refractivity (Wildman–Crippen MR) is 114 cm³/mol. The van der Waals surface area contributed by atoms with Gasteiger partial charge in [0.2, 0.25) is 0 Å². The molecule has 1 amide bonds. The van der Waals surface area contributed by atoms with Crippen LogP contribution in [0.25, 0.3) is 0 Å². The normalized spacial score (nSPS) is 12.4. The highest BCUT2D eigenvalue weighted by Gasteiger charge is 2.17. The van der Waals surface area contributed by atoms with E-state index in [1.165, 1.54) is 31.8 Å². The van der Waals surface area contributed by atoms with Gasteiger partial charge >= 0.3 is 0 Å². The number of ether oxygens (including phenoxy) is 3. The van der Waals surface area contributed by atoms with Crippen molar-refractivity contribution in [3.05, 3.63) is 70.1 Å². The molecule has 7 heteroatoms. The second-order valence-corrected chi connectivity index (χ2v) is 7.39. The number of furan rings is 1. The lowest BCUT2D eigenvalue weighted by Crippen LogP contribution is -2.12. The summed E-state index contributed by atoms with van der Waals surface area (Å²) in [6, 6.07) is 12.7. The Morgan fingerprint density at radius 2 is 1.83 bits per heavy atom. The van der Waals surface area contributed by atoms with Gasteiger partial charge in [-0.2, -0.15) is 0 Å². The zero-order chi connectivity index (χ0) is 21.1. The van der Waals surface area contributed by atoms with Gasteiger partial charge in [-0.25, -0.2) is 0 Å². The lowest BCUT2D eigenvalue weighted by molar-refractivity contribution is 0.0992. The minimum absolute atomic E-state index is 0.165. The number of benzene rings is 2. The van der Waals surface area contributed by atoms with E-state index in [1.54, 1.807) is 24.3 Å². The number of amides is 1. The quantitative estimate of drug-likeness (QED) is 0.556. The fraction of sp³-hybridized carbons (Fsp3) is 0.261. The fourth-order valence-electron chi connectivity index (χ4n) is 3.51. The molecule has 1 aromatic heterocycles. The minimum Gasteiger partial charge on any atom is -0.495 e. The number of carbonyl (C=O) groups is 1. The second-order valence-electron chi connectivity index (χ2n) is 6.98. The molecule has 1 aliphatic carbocycles. The van der Waals surface area contributed by atoms with E-state index in [1.807, 2.05) is 6.07 Å². The predicted octanol–water partition coefficient (Wildman–Crippen LogP) is 5.27. The van der Waals surface area contributed by atoms with Gasteiger partial charge in [-0.1, -0.05) is 17.7 Å². The number of fused-ring (bicyclic) bond motifs is 1. The molecule has 1 aliphatic rings. The Balaban J connectivity index is 1.42. The highest BCUT2D eigenvalue weighted by atomic mass is 35.5. The molecule has 0 bridgehead atoms. The Morgan fingerprint density at radius 1 is 1.03 bits per heavy atom. The summed E-state index contributed by atoms with van der Waals surface area (Å²) < 4.78 is 22.0. The number of anilines is 1. The van der Waals surface area contributed by atoms with Crippen molar-refractivity contribution in [2.24, 2.45) is 0 Å². The van der Waals surface area contributed by atoms with E-state index >= 15 is 0 Å². The zero-order valence-corrected chi connectivity index (χ0v) is 17.5. The standard InChI is InChI=1S/C23H22ClNO5/c1-27-21-12-19(22(28-2)11-18(21)24)25-23(26)20-9-8-17(30-20)13-29-16-7-6-14-4-3-5-15(14)10-16/h6-12H,3-5,13H2,1-2H3,(H,25,26). The highest BCUT2D eigenvalue weighted by Crippen LogP contribution is 2.36. The molecule has 0 spiro atoms. The molecular weight excluding hydrogens is 406 g/mol. The molecule has 2 aromatic carbocycles. The maximum atomic E-state index is 12.6. The second kappa shape index (κ2) is 8.71. The van der Waals surface area contributed by atoms with Gasteiger partial charge in [-0.15, -0.1) is 0 Å². The van der Waals surface area contributed by atoms with Gasteiger partial charge < -0.3 is 23.9 Å². The van der Waals surface area contributed by atoms with E-state index in [-0.39, 0.29) is 12.4 Å². The SMILES string of the molecule is COc1cc(NC(=O)c2ccc(COc3ccc4c(c3)CCC4)o2)c(OC)cc1Cl. The van der Waals surface area contributed by atoms with Gasteiger partial charge in [-0.3, -0.25) is 4.79 Å². The van der Waals surface area contributed by atoms with Gasteiger partial charge in [0.1, 0.15) is 29.6 Å². The molecule has 0 radical (unpaired) electrons. The van der Waals surface area contributed by atoms with E-state index in [0.717, 1.165) is 18.6 Å². The number of rotatable bonds is 7. The van der Waals surface area contributed by atoms with Gasteiger partial charge in [0.25, 0.3) is 5.91 Å². The number of methoxy groups -OCH3 is 2. The summed E-state index contributed by atoms with van der Waals surface area (Å²) in [6.45, 7) is 0.240. The van der Waals surface area contributed by atoms with Crippen molar-refractivity contribution >= 4 is 23.2 Å². The third kappa shape index (κ3) is 4.24. The van der Waals surface area contributed by atoms with Crippen LogP contribution < -0.4 is 19.5 Å². The van der Waals surface area contributed by atoms with Gasteiger partial charge in [-0.05, 0) is 54.7 Å². The monoisotopic (exact) mass is 427 g/mol. The van der Waals surface area contributed by atoms with Crippen LogP contribution in [0.4, 0.5) is 5.69 Å². The first-order chi connectivity index (χ1) is 14.6. The molecule has 0 atom stereocenters. The Bertz CT molecular complexity index is 1080.